The normalized spacial score (nSPS) is 13.8. The Morgan fingerprint density at radius 1 is 1.20 bits per heavy atom. The highest BCUT2D eigenvalue weighted by atomic mass is 32.1. The van der Waals surface area contributed by atoms with Gasteiger partial charge in [0.25, 0.3) is 0 Å². The summed E-state index contributed by atoms with van der Waals surface area (Å²) < 4.78 is 0. The lowest BCUT2D eigenvalue weighted by Crippen LogP contribution is -2.01. The number of thiazole rings is 1. The number of nitrogens with zero attached hydrogens (tertiary/aromatic N) is 3. The summed E-state index contributed by atoms with van der Waals surface area (Å²) in [7, 11) is 0. The van der Waals surface area contributed by atoms with Gasteiger partial charge in [0.2, 0.25) is 0 Å². The van der Waals surface area contributed by atoms with Crippen molar-refractivity contribution in [3.8, 4) is 0 Å². The van der Waals surface area contributed by atoms with Gasteiger partial charge >= 0.3 is 0 Å². The Morgan fingerprint density at radius 2 is 2.15 bits per heavy atom. The molecule has 0 bridgehead atoms. The molecule has 0 fully saturated rings. The van der Waals surface area contributed by atoms with Gasteiger partial charge in [0, 0.05) is 16.0 Å². The molecular weight excluding hydrogens is 288 g/mol. The van der Waals surface area contributed by atoms with Crippen LogP contribution < -0.4 is 5.32 Å². The second-order valence-electron chi connectivity index (χ2n) is 4.96. The predicted molar refractivity (Wildman–Crippen MR) is 83.6 cm³/mol. The van der Waals surface area contributed by atoms with Gasteiger partial charge in [-0.25, -0.2) is 15.0 Å². The molecule has 1 aliphatic carbocycles. The van der Waals surface area contributed by atoms with Crippen molar-refractivity contribution in [2.45, 2.75) is 32.7 Å². The number of nitrogens with one attached hydrogen (secondary N) is 1. The Balaban J connectivity index is 1.69. The van der Waals surface area contributed by atoms with Crippen LogP contribution in [0.3, 0.4) is 0 Å². The molecule has 4 rings (SSSR count). The number of aryl methyl sites for hydroxylation is 3. The van der Waals surface area contributed by atoms with Gasteiger partial charge < -0.3 is 5.32 Å². The van der Waals surface area contributed by atoms with Gasteiger partial charge in [0.15, 0.2) is 0 Å². The molecule has 0 spiro atoms. The van der Waals surface area contributed by atoms with Crippen molar-refractivity contribution in [3.05, 3.63) is 32.8 Å². The van der Waals surface area contributed by atoms with Gasteiger partial charge in [-0.1, -0.05) is 0 Å². The smallest absolute Gasteiger partial charge is 0.138 e. The van der Waals surface area contributed by atoms with Crippen molar-refractivity contribution in [3.63, 3.8) is 0 Å². The molecular formula is C14H14N4S2. The molecule has 0 amide bonds. The summed E-state index contributed by atoms with van der Waals surface area (Å²) in [5, 5.41) is 5.80. The first kappa shape index (κ1) is 12.2. The van der Waals surface area contributed by atoms with Gasteiger partial charge in [0.1, 0.15) is 17.0 Å². The lowest BCUT2D eigenvalue weighted by atomic mass is 10.2. The lowest BCUT2D eigenvalue weighted by Gasteiger charge is -2.06. The van der Waals surface area contributed by atoms with Crippen LogP contribution in [0.2, 0.25) is 0 Å². The fourth-order valence-electron chi connectivity index (χ4n) is 2.72. The van der Waals surface area contributed by atoms with Crippen LogP contribution in [0.1, 0.15) is 26.7 Å². The van der Waals surface area contributed by atoms with Crippen LogP contribution in [-0.2, 0) is 19.4 Å². The molecule has 4 nitrogen and oxygen atoms in total. The maximum atomic E-state index is 4.45. The first-order chi connectivity index (χ1) is 9.81. The van der Waals surface area contributed by atoms with Crippen LogP contribution in [0.5, 0.6) is 0 Å². The van der Waals surface area contributed by atoms with E-state index < -0.39 is 0 Å². The van der Waals surface area contributed by atoms with E-state index in [0.717, 1.165) is 28.6 Å². The van der Waals surface area contributed by atoms with Gasteiger partial charge in [-0.05, 0) is 31.7 Å². The largest absolute Gasteiger partial charge is 0.364 e. The molecule has 0 saturated carbocycles. The average molecular weight is 302 g/mol. The van der Waals surface area contributed by atoms with Gasteiger partial charge in [0.05, 0.1) is 16.9 Å². The molecule has 20 heavy (non-hydrogen) atoms. The quantitative estimate of drug-likeness (QED) is 0.804. The van der Waals surface area contributed by atoms with Crippen molar-refractivity contribution < 1.29 is 0 Å². The van der Waals surface area contributed by atoms with E-state index in [1.54, 1.807) is 17.7 Å². The zero-order valence-corrected chi connectivity index (χ0v) is 12.8. The maximum absolute atomic E-state index is 4.45. The molecule has 3 heterocycles. The number of hydrogen-bond acceptors (Lipinski definition) is 6. The Hall–Kier alpha value is -1.53. The second-order valence-corrected chi connectivity index (χ2v) is 7.36. The number of rotatable bonds is 3. The summed E-state index contributed by atoms with van der Waals surface area (Å²) in [6.45, 7) is 2.81. The summed E-state index contributed by atoms with van der Waals surface area (Å²) in [4.78, 5) is 17.0. The minimum absolute atomic E-state index is 0.780. The standard InChI is InChI=1S/C14H14N4S2/c1-8-15-5-9(19-8)6-16-13-12-10-3-2-4-11(10)20-14(12)18-7-17-13/h5,7H,2-4,6H2,1H3,(H,16,17,18). The van der Waals surface area contributed by atoms with E-state index >= 15 is 0 Å². The van der Waals surface area contributed by atoms with Crippen LogP contribution >= 0.6 is 22.7 Å². The third-order valence-electron chi connectivity index (χ3n) is 3.60. The van der Waals surface area contributed by atoms with Crippen LogP contribution in [0.25, 0.3) is 10.2 Å². The molecule has 6 heteroatoms. The number of thiophene rings is 1. The van der Waals surface area contributed by atoms with Crippen LogP contribution in [0.4, 0.5) is 5.82 Å². The van der Waals surface area contributed by atoms with E-state index in [4.69, 9.17) is 0 Å². The van der Waals surface area contributed by atoms with Gasteiger partial charge in [-0.3, -0.25) is 0 Å². The molecule has 3 aromatic rings. The van der Waals surface area contributed by atoms with Crippen molar-refractivity contribution in [1.29, 1.82) is 0 Å². The molecule has 0 atom stereocenters. The van der Waals surface area contributed by atoms with Crippen LogP contribution in [-0.4, -0.2) is 15.0 Å². The van der Waals surface area contributed by atoms with Gasteiger partial charge in [-0.15, -0.1) is 22.7 Å². The summed E-state index contributed by atoms with van der Waals surface area (Å²) in [6, 6.07) is 0. The van der Waals surface area contributed by atoms with E-state index in [0.29, 0.717) is 0 Å². The van der Waals surface area contributed by atoms with E-state index in [2.05, 4.69) is 20.3 Å². The van der Waals surface area contributed by atoms with E-state index in [1.807, 2.05) is 24.5 Å². The fourth-order valence-corrected chi connectivity index (χ4v) is 4.68. The zero-order chi connectivity index (χ0) is 13.5. The monoisotopic (exact) mass is 302 g/mol. The molecule has 0 aliphatic heterocycles. The highest BCUT2D eigenvalue weighted by molar-refractivity contribution is 7.19. The first-order valence-electron chi connectivity index (χ1n) is 6.71. The van der Waals surface area contributed by atoms with Crippen molar-refractivity contribution in [2.75, 3.05) is 5.32 Å². The highest BCUT2D eigenvalue weighted by Crippen LogP contribution is 2.39. The number of hydrogen-bond donors (Lipinski definition) is 1. The van der Waals surface area contributed by atoms with Crippen LogP contribution in [0, 0.1) is 6.92 Å². The summed E-state index contributed by atoms with van der Waals surface area (Å²) in [5.41, 5.74) is 1.47. The minimum atomic E-state index is 0.780. The zero-order valence-electron chi connectivity index (χ0n) is 11.1. The lowest BCUT2D eigenvalue weighted by molar-refractivity contribution is 0.917. The minimum Gasteiger partial charge on any atom is -0.364 e. The van der Waals surface area contributed by atoms with Crippen molar-refractivity contribution in [1.82, 2.24) is 15.0 Å². The topological polar surface area (TPSA) is 50.7 Å². The summed E-state index contributed by atoms with van der Waals surface area (Å²) >= 11 is 3.55. The number of anilines is 1. The average Bonchev–Trinajstić information content (AvgIpc) is 3.11. The van der Waals surface area contributed by atoms with Crippen molar-refractivity contribution >= 4 is 38.7 Å². The third-order valence-corrected chi connectivity index (χ3v) is 5.71. The number of fused-ring (bicyclic) bond motifs is 3. The first-order valence-corrected chi connectivity index (χ1v) is 8.35. The molecule has 102 valence electrons. The molecule has 0 radical (unpaired) electrons. The molecule has 1 N–H and O–H groups in total. The van der Waals surface area contributed by atoms with Crippen LogP contribution in [0.15, 0.2) is 12.5 Å². The Bertz CT molecular complexity index is 775. The fraction of sp³-hybridized carbons (Fsp3) is 0.357. The highest BCUT2D eigenvalue weighted by Gasteiger charge is 2.21. The molecule has 3 aromatic heterocycles. The third kappa shape index (κ3) is 1.99. The molecule has 0 unspecified atom stereocenters. The second kappa shape index (κ2) is 4.79. The summed E-state index contributed by atoms with van der Waals surface area (Å²) in [5.74, 6) is 0.973. The predicted octanol–water partition coefficient (Wildman–Crippen LogP) is 3.56. The van der Waals surface area contributed by atoms with Crippen molar-refractivity contribution in [2.24, 2.45) is 0 Å². The summed E-state index contributed by atoms with van der Waals surface area (Å²) in [6.07, 6.45) is 7.22. The molecule has 0 saturated heterocycles. The Morgan fingerprint density at radius 3 is 3.00 bits per heavy atom. The maximum Gasteiger partial charge on any atom is 0.138 e. The van der Waals surface area contributed by atoms with Gasteiger partial charge in [-0.2, -0.15) is 0 Å². The molecule has 1 aliphatic rings. The Kier molecular flexibility index (Phi) is 2.93. The van der Waals surface area contributed by atoms with E-state index in [1.165, 1.54) is 33.5 Å². The van der Waals surface area contributed by atoms with E-state index in [9.17, 15) is 0 Å². The Labute approximate surface area is 124 Å². The molecule has 0 aromatic carbocycles. The number of aromatic nitrogens is 3. The van der Waals surface area contributed by atoms with E-state index in [-0.39, 0.29) is 0 Å². The SMILES string of the molecule is Cc1ncc(CNc2ncnc3sc4c(c23)CCC4)s1.